The predicted molar refractivity (Wildman–Crippen MR) is 70.4 cm³/mol. The summed E-state index contributed by atoms with van der Waals surface area (Å²) in [5.41, 5.74) is -0.0346. The predicted octanol–water partition coefficient (Wildman–Crippen LogP) is 1.53. The van der Waals surface area contributed by atoms with E-state index in [0.29, 0.717) is 5.91 Å². The Morgan fingerprint density at radius 1 is 1.22 bits per heavy atom. The second-order valence-electron chi connectivity index (χ2n) is 5.53. The summed E-state index contributed by atoms with van der Waals surface area (Å²) in [5.74, 6) is 1.37. The summed E-state index contributed by atoms with van der Waals surface area (Å²) in [6.45, 7) is 5.51. The number of carbonyl (C=O) groups is 1. The van der Waals surface area contributed by atoms with Crippen LogP contribution in [-0.4, -0.2) is 42.0 Å². The first-order valence-electron chi connectivity index (χ1n) is 6.64. The van der Waals surface area contributed by atoms with Gasteiger partial charge in [0, 0.05) is 37.8 Å². The fourth-order valence-corrected chi connectivity index (χ4v) is 2.46. The molecule has 0 spiro atoms. The largest absolute Gasteiger partial charge is 0.353 e. The lowest BCUT2D eigenvalue weighted by atomic mass is 10.1. The molecular formula is C14H19N3O. The van der Waals surface area contributed by atoms with E-state index in [2.05, 4.69) is 16.8 Å². The van der Waals surface area contributed by atoms with Crippen molar-refractivity contribution in [3.63, 3.8) is 0 Å². The van der Waals surface area contributed by atoms with Crippen molar-refractivity contribution in [3.8, 4) is 0 Å². The number of carbonyl (C=O) groups excluding carboxylic acids is 1. The van der Waals surface area contributed by atoms with Crippen LogP contribution >= 0.6 is 0 Å². The van der Waals surface area contributed by atoms with Crippen LogP contribution < -0.4 is 4.90 Å². The van der Waals surface area contributed by atoms with E-state index in [1.165, 1.54) is 0 Å². The molecule has 2 aliphatic rings. The van der Waals surface area contributed by atoms with Gasteiger partial charge in [-0.25, -0.2) is 4.98 Å². The Kier molecular flexibility index (Phi) is 2.73. The zero-order valence-corrected chi connectivity index (χ0v) is 10.8. The van der Waals surface area contributed by atoms with Crippen molar-refractivity contribution in [1.82, 2.24) is 9.88 Å². The molecule has 4 nitrogen and oxygen atoms in total. The molecule has 0 aromatic carbocycles. The molecule has 2 heterocycles. The molecule has 2 fully saturated rings. The van der Waals surface area contributed by atoms with Crippen molar-refractivity contribution in [2.75, 3.05) is 31.1 Å². The number of rotatable bonds is 2. The van der Waals surface area contributed by atoms with E-state index in [4.69, 9.17) is 0 Å². The standard InChI is InChI=1S/C14H19N3O/c1-14(5-6-14)13(18)17-10-8-16(9-11-17)12-4-2-3-7-15-12/h2-4,7H,5-6,8-11H2,1H3. The molecule has 1 aromatic heterocycles. The molecule has 0 unspecified atom stereocenters. The molecule has 0 radical (unpaired) electrons. The van der Waals surface area contributed by atoms with Gasteiger partial charge in [-0.05, 0) is 25.0 Å². The van der Waals surface area contributed by atoms with Crippen LogP contribution in [0.25, 0.3) is 0 Å². The Balaban J connectivity index is 1.60. The molecule has 3 rings (SSSR count). The van der Waals surface area contributed by atoms with Crippen LogP contribution in [0.4, 0.5) is 5.82 Å². The van der Waals surface area contributed by atoms with Gasteiger partial charge in [-0.1, -0.05) is 13.0 Å². The van der Waals surface area contributed by atoms with E-state index in [1.54, 1.807) is 0 Å². The van der Waals surface area contributed by atoms with Crippen molar-refractivity contribution in [2.24, 2.45) is 5.41 Å². The lowest BCUT2D eigenvalue weighted by Crippen LogP contribution is -2.50. The van der Waals surface area contributed by atoms with Gasteiger partial charge in [0.05, 0.1) is 0 Å². The van der Waals surface area contributed by atoms with Gasteiger partial charge >= 0.3 is 0 Å². The monoisotopic (exact) mass is 245 g/mol. The van der Waals surface area contributed by atoms with E-state index in [-0.39, 0.29) is 5.41 Å². The third kappa shape index (κ3) is 2.07. The molecular weight excluding hydrogens is 226 g/mol. The van der Waals surface area contributed by atoms with Crippen LogP contribution in [-0.2, 0) is 4.79 Å². The number of piperazine rings is 1. The molecule has 1 saturated heterocycles. The normalized spacial score (nSPS) is 21.8. The summed E-state index contributed by atoms with van der Waals surface area (Å²) < 4.78 is 0. The second-order valence-corrected chi connectivity index (χ2v) is 5.53. The van der Waals surface area contributed by atoms with Crippen LogP contribution in [0.1, 0.15) is 19.8 Å². The van der Waals surface area contributed by atoms with Crippen LogP contribution in [0.3, 0.4) is 0 Å². The van der Waals surface area contributed by atoms with E-state index >= 15 is 0 Å². The maximum absolute atomic E-state index is 12.2. The number of amides is 1. The quantitative estimate of drug-likeness (QED) is 0.793. The fourth-order valence-electron chi connectivity index (χ4n) is 2.46. The maximum Gasteiger partial charge on any atom is 0.228 e. The highest BCUT2D eigenvalue weighted by Crippen LogP contribution is 2.46. The Morgan fingerprint density at radius 2 is 1.94 bits per heavy atom. The minimum Gasteiger partial charge on any atom is -0.353 e. The van der Waals surface area contributed by atoms with E-state index in [0.717, 1.165) is 44.8 Å². The smallest absolute Gasteiger partial charge is 0.228 e. The molecule has 18 heavy (non-hydrogen) atoms. The molecule has 0 atom stereocenters. The lowest BCUT2D eigenvalue weighted by Gasteiger charge is -2.36. The molecule has 0 bridgehead atoms. The van der Waals surface area contributed by atoms with Gasteiger partial charge in [0.1, 0.15) is 5.82 Å². The third-order valence-electron chi connectivity index (χ3n) is 4.06. The maximum atomic E-state index is 12.2. The molecule has 4 heteroatoms. The van der Waals surface area contributed by atoms with E-state index in [1.807, 2.05) is 29.3 Å². The molecule has 0 N–H and O–H groups in total. The summed E-state index contributed by atoms with van der Waals surface area (Å²) in [6, 6.07) is 5.96. The first-order chi connectivity index (χ1) is 8.69. The van der Waals surface area contributed by atoms with E-state index in [9.17, 15) is 4.79 Å². The van der Waals surface area contributed by atoms with Crippen molar-refractivity contribution in [1.29, 1.82) is 0 Å². The van der Waals surface area contributed by atoms with Gasteiger partial charge in [-0.2, -0.15) is 0 Å². The summed E-state index contributed by atoms with van der Waals surface area (Å²) >= 11 is 0. The zero-order valence-electron chi connectivity index (χ0n) is 10.8. The van der Waals surface area contributed by atoms with Gasteiger partial charge in [0.25, 0.3) is 0 Å². The number of hydrogen-bond donors (Lipinski definition) is 0. The second kappa shape index (κ2) is 4.26. The van der Waals surface area contributed by atoms with E-state index < -0.39 is 0 Å². The highest BCUT2D eigenvalue weighted by Gasteiger charge is 2.47. The number of hydrogen-bond acceptors (Lipinski definition) is 3. The van der Waals surface area contributed by atoms with Crippen molar-refractivity contribution in [2.45, 2.75) is 19.8 Å². The van der Waals surface area contributed by atoms with Crippen LogP contribution in [0, 0.1) is 5.41 Å². The Labute approximate surface area is 108 Å². The minimum absolute atomic E-state index is 0.0346. The topological polar surface area (TPSA) is 36.4 Å². The number of anilines is 1. The number of pyridine rings is 1. The summed E-state index contributed by atoms with van der Waals surface area (Å²) in [4.78, 5) is 20.8. The Hall–Kier alpha value is -1.58. The molecule has 1 aliphatic heterocycles. The Bertz CT molecular complexity index is 434. The number of nitrogens with zero attached hydrogens (tertiary/aromatic N) is 3. The molecule has 96 valence electrons. The first kappa shape index (κ1) is 11.5. The Morgan fingerprint density at radius 3 is 2.50 bits per heavy atom. The molecule has 1 saturated carbocycles. The SMILES string of the molecule is CC1(C(=O)N2CCN(c3ccccn3)CC2)CC1. The van der Waals surface area contributed by atoms with Gasteiger partial charge in [-0.15, -0.1) is 0 Å². The highest BCUT2D eigenvalue weighted by molar-refractivity contribution is 5.85. The van der Waals surface area contributed by atoms with Crippen LogP contribution in [0.15, 0.2) is 24.4 Å². The van der Waals surface area contributed by atoms with Gasteiger partial charge in [0.2, 0.25) is 5.91 Å². The van der Waals surface area contributed by atoms with Crippen molar-refractivity contribution < 1.29 is 4.79 Å². The first-order valence-corrected chi connectivity index (χ1v) is 6.64. The molecule has 1 amide bonds. The van der Waals surface area contributed by atoms with Gasteiger partial charge in [-0.3, -0.25) is 4.79 Å². The summed E-state index contributed by atoms with van der Waals surface area (Å²) in [7, 11) is 0. The average molecular weight is 245 g/mol. The minimum atomic E-state index is -0.0346. The van der Waals surface area contributed by atoms with Gasteiger partial charge in [0.15, 0.2) is 0 Å². The molecule has 1 aromatic rings. The highest BCUT2D eigenvalue weighted by atomic mass is 16.2. The summed E-state index contributed by atoms with van der Waals surface area (Å²) in [5, 5.41) is 0. The zero-order chi connectivity index (χ0) is 12.6. The lowest BCUT2D eigenvalue weighted by molar-refractivity contribution is -0.136. The molecule has 1 aliphatic carbocycles. The summed E-state index contributed by atoms with van der Waals surface area (Å²) in [6.07, 6.45) is 3.94. The van der Waals surface area contributed by atoms with Crippen molar-refractivity contribution in [3.05, 3.63) is 24.4 Å². The number of aromatic nitrogens is 1. The fraction of sp³-hybridized carbons (Fsp3) is 0.571. The van der Waals surface area contributed by atoms with Gasteiger partial charge < -0.3 is 9.80 Å². The third-order valence-corrected chi connectivity index (χ3v) is 4.06. The van der Waals surface area contributed by atoms with Crippen LogP contribution in [0.2, 0.25) is 0 Å². The average Bonchev–Trinajstić information content (AvgIpc) is 3.18. The van der Waals surface area contributed by atoms with Crippen LogP contribution in [0.5, 0.6) is 0 Å². The van der Waals surface area contributed by atoms with Crippen molar-refractivity contribution >= 4 is 11.7 Å².